The second-order valence-corrected chi connectivity index (χ2v) is 10.8. The van der Waals surface area contributed by atoms with Gasteiger partial charge in [-0.25, -0.2) is 4.79 Å². The Balaban J connectivity index is 1.56. The SMILES string of the molecule is COc1ccccc1NC(=O)C1=C(C)N(CC2CCCO2)C(=O)NC1c1ccc(Br)cc1Oc1ccc(C)cc1. The zero-order valence-corrected chi connectivity index (χ0v) is 24.3. The molecule has 3 amide bonds. The molecule has 1 saturated heterocycles. The van der Waals surface area contributed by atoms with Gasteiger partial charge in [0.2, 0.25) is 0 Å². The molecule has 0 saturated carbocycles. The lowest BCUT2D eigenvalue weighted by Gasteiger charge is -2.37. The highest BCUT2D eigenvalue weighted by Gasteiger charge is 2.38. The van der Waals surface area contributed by atoms with Crippen molar-refractivity contribution in [2.24, 2.45) is 0 Å². The lowest BCUT2D eigenvalue weighted by atomic mass is 9.93. The van der Waals surface area contributed by atoms with Crippen molar-refractivity contribution in [2.45, 2.75) is 38.8 Å². The number of benzene rings is 3. The molecule has 1 fully saturated rings. The quantitative estimate of drug-likeness (QED) is 0.298. The minimum Gasteiger partial charge on any atom is -0.495 e. The van der Waals surface area contributed by atoms with Crippen LogP contribution in [0.1, 0.15) is 36.9 Å². The van der Waals surface area contributed by atoms with Gasteiger partial charge >= 0.3 is 6.03 Å². The lowest BCUT2D eigenvalue weighted by Crippen LogP contribution is -2.50. The van der Waals surface area contributed by atoms with Crippen molar-refractivity contribution in [2.75, 3.05) is 25.6 Å². The summed E-state index contributed by atoms with van der Waals surface area (Å²) in [6.07, 6.45) is 1.74. The Bertz CT molecular complexity index is 1430. The molecule has 0 aliphatic carbocycles. The third-order valence-corrected chi connectivity index (χ3v) is 7.63. The van der Waals surface area contributed by atoms with E-state index in [2.05, 4.69) is 26.6 Å². The smallest absolute Gasteiger partial charge is 0.322 e. The number of rotatable bonds is 8. The number of halogens is 1. The fourth-order valence-electron chi connectivity index (χ4n) is 5.03. The average molecular weight is 607 g/mol. The summed E-state index contributed by atoms with van der Waals surface area (Å²) < 4.78 is 18.4. The number of nitrogens with zero attached hydrogens (tertiary/aromatic N) is 1. The third kappa shape index (κ3) is 6.00. The predicted molar refractivity (Wildman–Crippen MR) is 157 cm³/mol. The molecule has 0 aromatic heterocycles. The molecule has 3 aromatic carbocycles. The van der Waals surface area contributed by atoms with E-state index in [1.807, 2.05) is 61.5 Å². The number of para-hydroxylation sites is 2. The van der Waals surface area contributed by atoms with Crippen molar-refractivity contribution in [1.29, 1.82) is 0 Å². The molecule has 2 N–H and O–H groups in total. The summed E-state index contributed by atoms with van der Waals surface area (Å²) in [6, 6.07) is 19.4. The molecule has 2 atom stereocenters. The molecular formula is C31H32BrN3O5. The average Bonchev–Trinajstić information content (AvgIpc) is 3.46. The standard InChI is InChI=1S/C31H32BrN3O5/c1-19-10-13-22(14-11-19)40-27-17-21(32)12-15-24(27)29-28(30(36)33-25-8-4-5-9-26(25)38-3)20(2)35(31(37)34-29)18-23-7-6-16-39-23/h4-5,8-15,17,23,29H,6-7,16,18H2,1-3H3,(H,33,36)(H,34,37). The number of amides is 3. The second-order valence-electron chi connectivity index (χ2n) is 9.88. The molecule has 3 aromatic rings. The monoisotopic (exact) mass is 605 g/mol. The van der Waals surface area contributed by atoms with Crippen LogP contribution in [-0.2, 0) is 9.53 Å². The third-order valence-electron chi connectivity index (χ3n) is 7.14. The van der Waals surface area contributed by atoms with Crippen LogP contribution in [0.3, 0.4) is 0 Å². The Hall–Kier alpha value is -3.82. The minimum absolute atomic E-state index is 0.0797. The van der Waals surface area contributed by atoms with E-state index in [0.717, 1.165) is 22.9 Å². The Morgan fingerprint density at radius 3 is 2.60 bits per heavy atom. The summed E-state index contributed by atoms with van der Waals surface area (Å²) in [4.78, 5) is 29.1. The molecule has 5 rings (SSSR count). The highest BCUT2D eigenvalue weighted by atomic mass is 79.9. The molecule has 0 radical (unpaired) electrons. The molecule has 0 bridgehead atoms. The fraction of sp³-hybridized carbons (Fsp3) is 0.290. The van der Waals surface area contributed by atoms with Crippen LogP contribution >= 0.6 is 15.9 Å². The maximum atomic E-state index is 14.0. The summed E-state index contributed by atoms with van der Waals surface area (Å²) in [6.45, 7) is 4.85. The summed E-state index contributed by atoms with van der Waals surface area (Å²) in [7, 11) is 1.55. The van der Waals surface area contributed by atoms with Crippen LogP contribution < -0.4 is 20.1 Å². The van der Waals surface area contributed by atoms with E-state index >= 15 is 0 Å². The van der Waals surface area contributed by atoms with Crippen LogP contribution in [-0.4, -0.2) is 43.2 Å². The fourth-order valence-corrected chi connectivity index (χ4v) is 5.37. The number of nitrogens with one attached hydrogen (secondary N) is 2. The molecule has 2 unspecified atom stereocenters. The summed E-state index contributed by atoms with van der Waals surface area (Å²) >= 11 is 3.54. The largest absolute Gasteiger partial charge is 0.495 e. The van der Waals surface area contributed by atoms with Gasteiger partial charge in [0.15, 0.2) is 0 Å². The van der Waals surface area contributed by atoms with Crippen LogP contribution in [0.5, 0.6) is 17.2 Å². The predicted octanol–water partition coefficient (Wildman–Crippen LogP) is 6.72. The first kappa shape index (κ1) is 27.7. The van der Waals surface area contributed by atoms with Gasteiger partial charge in [-0.3, -0.25) is 9.69 Å². The van der Waals surface area contributed by atoms with E-state index in [-0.39, 0.29) is 18.0 Å². The normalized spacial score (nSPS) is 18.9. The highest BCUT2D eigenvalue weighted by Crippen LogP contribution is 2.39. The Morgan fingerprint density at radius 2 is 1.88 bits per heavy atom. The molecule has 0 spiro atoms. The van der Waals surface area contributed by atoms with Gasteiger partial charge in [0.1, 0.15) is 17.2 Å². The molecule has 2 heterocycles. The van der Waals surface area contributed by atoms with Crippen LogP contribution in [0.25, 0.3) is 0 Å². The maximum Gasteiger partial charge on any atom is 0.322 e. The van der Waals surface area contributed by atoms with Gasteiger partial charge in [0.25, 0.3) is 5.91 Å². The minimum atomic E-state index is -0.767. The Labute approximate surface area is 242 Å². The second kappa shape index (κ2) is 12.1. The van der Waals surface area contributed by atoms with E-state index in [0.29, 0.717) is 52.9 Å². The van der Waals surface area contributed by atoms with Gasteiger partial charge in [-0.15, -0.1) is 0 Å². The Morgan fingerprint density at radius 1 is 1.10 bits per heavy atom. The number of aryl methyl sites for hydroxylation is 1. The van der Waals surface area contributed by atoms with E-state index in [1.165, 1.54) is 0 Å². The summed E-state index contributed by atoms with van der Waals surface area (Å²) in [5.74, 6) is 1.35. The van der Waals surface area contributed by atoms with Crippen molar-refractivity contribution in [3.05, 3.63) is 93.6 Å². The molecular weight excluding hydrogens is 574 g/mol. The van der Waals surface area contributed by atoms with Gasteiger partial charge in [0, 0.05) is 22.3 Å². The number of ether oxygens (including phenoxy) is 3. The molecule has 2 aliphatic heterocycles. The molecule has 9 heteroatoms. The summed E-state index contributed by atoms with van der Waals surface area (Å²) in [5, 5.41) is 6.07. The molecule has 2 aliphatic rings. The van der Waals surface area contributed by atoms with Crippen LogP contribution in [0.15, 0.2) is 82.5 Å². The van der Waals surface area contributed by atoms with Gasteiger partial charge in [-0.2, -0.15) is 0 Å². The number of allylic oxidation sites excluding steroid dienone is 1. The summed E-state index contributed by atoms with van der Waals surface area (Å²) in [5.41, 5.74) is 3.25. The zero-order chi connectivity index (χ0) is 28.2. The first-order valence-corrected chi connectivity index (χ1v) is 14.0. The zero-order valence-electron chi connectivity index (χ0n) is 22.7. The first-order chi connectivity index (χ1) is 19.3. The van der Waals surface area contributed by atoms with Crippen LogP contribution in [0.2, 0.25) is 0 Å². The highest BCUT2D eigenvalue weighted by molar-refractivity contribution is 9.10. The van der Waals surface area contributed by atoms with E-state index < -0.39 is 6.04 Å². The van der Waals surface area contributed by atoms with Crippen molar-refractivity contribution >= 4 is 33.6 Å². The molecule has 8 nitrogen and oxygen atoms in total. The van der Waals surface area contributed by atoms with Crippen molar-refractivity contribution in [1.82, 2.24) is 10.2 Å². The van der Waals surface area contributed by atoms with Crippen LogP contribution in [0.4, 0.5) is 10.5 Å². The Kier molecular flexibility index (Phi) is 8.42. The number of methoxy groups -OCH3 is 1. The number of urea groups is 1. The number of carbonyl (C=O) groups excluding carboxylic acids is 2. The van der Waals surface area contributed by atoms with Gasteiger partial charge in [0.05, 0.1) is 37.1 Å². The van der Waals surface area contributed by atoms with E-state index in [1.54, 1.807) is 31.1 Å². The lowest BCUT2D eigenvalue weighted by molar-refractivity contribution is -0.113. The van der Waals surface area contributed by atoms with Gasteiger partial charge < -0.3 is 24.8 Å². The number of carbonyl (C=O) groups is 2. The molecule has 208 valence electrons. The van der Waals surface area contributed by atoms with E-state index in [4.69, 9.17) is 14.2 Å². The van der Waals surface area contributed by atoms with Crippen LogP contribution in [0, 0.1) is 6.92 Å². The van der Waals surface area contributed by atoms with Crippen molar-refractivity contribution in [3.8, 4) is 17.2 Å². The number of hydrogen-bond acceptors (Lipinski definition) is 5. The van der Waals surface area contributed by atoms with Crippen molar-refractivity contribution < 1.29 is 23.8 Å². The van der Waals surface area contributed by atoms with Gasteiger partial charge in [-0.05, 0) is 63.1 Å². The van der Waals surface area contributed by atoms with Crippen molar-refractivity contribution in [3.63, 3.8) is 0 Å². The maximum absolute atomic E-state index is 14.0. The number of hydrogen-bond donors (Lipinski definition) is 2. The van der Waals surface area contributed by atoms with E-state index in [9.17, 15) is 9.59 Å². The topological polar surface area (TPSA) is 89.1 Å². The first-order valence-electron chi connectivity index (χ1n) is 13.2. The molecule has 40 heavy (non-hydrogen) atoms. The van der Waals surface area contributed by atoms with Gasteiger partial charge in [-0.1, -0.05) is 51.8 Å². The number of anilines is 1.